The lowest BCUT2D eigenvalue weighted by Crippen LogP contribution is -2.59. The van der Waals surface area contributed by atoms with E-state index >= 15 is 0 Å². The number of carbonyl (C=O) groups is 9. The van der Waals surface area contributed by atoms with Crippen molar-refractivity contribution in [1.82, 2.24) is 31.9 Å². The summed E-state index contributed by atoms with van der Waals surface area (Å²) in [6, 6.07) is -7.61. The Balaban J connectivity index is 3.11. The smallest absolute Gasteiger partial charge is 0.326 e. The van der Waals surface area contributed by atoms with Gasteiger partial charge in [0.2, 0.25) is 47.3 Å². The minimum atomic E-state index is -1.66. The molecule has 0 aromatic carbocycles. The molecule has 8 amide bonds. The van der Waals surface area contributed by atoms with E-state index in [1.165, 1.54) is 6.92 Å². The number of carboxylic acid groups (broad SMARTS) is 1. The van der Waals surface area contributed by atoms with E-state index in [9.17, 15) is 48.3 Å². The monoisotopic (exact) mass is 669 g/mol. The predicted molar refractivity (Wildman–Crippen MR) is 164 cm³/mol. The van der Waals surface area contributed by atoms with E-state index in [4.69, 9.17) is 17.2 Å². The van der Waals surface area contributed by atoms with Gasteiger partial charge in [-0.1, -0.05) is 13.8 Å². The molecule has 1 aliphatic rings. The maximum atomic E-state index is 13.3. The fourth-order valence-electron chi connectivity index (χ4n) is 4.62. The van der Waals surface area contributed by atoms with Gasteiger partial charge in [0.05, 0.1) is 12.5 Å². The lowest BCUT2D eigenvalue weighted by Gasteiger charge is -2.26. The Labute approximate surface area is 271 Å². The van der Waals surface area contributed by atoms with Gasteiger partial charge in [-0.05, 0) is 51.5 Å². The van der Waals surface area contributed by atoms with Crippen LogP contribution >= 0.6 is 0 Å². The van der Waals surface area contributed by atoms with Gasteiger partial charge in [-0.3, -0.25) is 38.4 Å². The normalized spacial score (nSPS) is 17.2. The van der Waals surface area contributed by atoms with Crippen LogP contribution in [0, 0.1) is 5.92 Å². The molecule has 19 nitrogen and oxygen atoms in total. The molecule has 0 radical (unpaired) electrons. The first-order chi connectivity index (χ1) is 21.9. The van der Waals surface area contributed by atoms with Gasteiger partial charge >= 0.3 is 5.97 Å². The fourth-order valence-corrected chi connectivity index (χ4v) is 4.62. The van der Waals surface area contributed by atoms with Gasteiger partial charge in [0, 0.05) is 12.8 Å². The van der Waals surface area contributed by atoms with Crippen LogP contribution in [0.25, 0.3) is 0 Å². The summed E-state index contributed by atoms with van der Waals surface area (Å²) in [4.78, 5) is 111. The Morgan fingerprint density at radius 2 is 1.17 bits per heavy atom. The first kappa shape index (κ1) is 40.2. The molecule has 1 rings (SSSR count). The van der Waals surface area contributed by atoms with Crippen LogP contribution in [-0.2, 0) is 43.2 Å². The third kappa shape index (κ3) is 15.4. The van der Waals surface area contributed by atoms with Crippen molar-refractivity contribution in [2.75, 3.05) is 6.54 Å². The summed E-state index contributed by atoms with van der Waals surface area (Å²) in [5.74, 6) is -8.29. The van der Waals surface area contributed by atoms with Crippen molar-refractivity contribution in [2.24, 2.45) is 23.1 Å². The van der Waals surface area contributed by atoms with E-state index in [0.29, 0.717) is 13.0 Å². The largest absolute Gasteiger partial charge is 0.480 e. The Bertz CT molecular complexity index is 1190. The molecule has 1 saturated heterocycles. The van der Waals surface area contributed by atoms with E-state index < -0.39 is 102 Å². The fraction of sp³-hybridized carbons (Fsp3) is 0.679. The third-order valence-electron chi connectivity index (χ3n) is 7.11. The standard InChI is InChI=1S/C28H47N9O10/c1-13(2)11-19(28(46)47)37-23(41)14(3)33-27(45)18(12-22(31)40)36-26(44)17(7-9-21(30)39)35-25(43)16(6-8-20(29)38)34-24(42)15-5-4-10-32-15/h13-19,32H,4-12H2,1-3H3,(H2,29,38)(H2,30,39)(H2,31,40)(H,33,45)(H,34,42)(H,35,43)(H,36,44)(H,37,41)(H,46,47)/t14-,15-,16-,17-,18-,19-/m0/s1. The van der Waals surface area contributed by atoms with Gasteiger partial charge < -0.3 is 54.2 Å². The highest BCUT2D eigenvalue weighted by molar-refractivity contribution is 5.98. The van der Waals surface area contributed by atoms with Crippen LogP contribution in [0.3, 0.4) is 0 Å². The number of aliphatic carboxylic acids is 1. The van der Waals surface area contributed by atoms with Crippen LogP contribution in [0.1, 0.15) is 72.1 Å². The molecule has 6 atom stereocenters. The molecular formula is C28H47N9O10. The van der Waals surface area contributed by atoms with Gasteiger partial charge in [-0.15, -0.1) is 0 Å². The third-order valence-corrected chi connectivity index (χ3v) is 7.11. The summed E-state index contributed by atoms with van der Waals surface area (Å²) >= 11 is 0. The Kier molecular flexibility index (Phi) is 16.8. The van der Waals surface area contributed by atoms with E-state index in [-0.39, 0.29) is 31.6 Å². The predicted octanol–water partition coefficient (Wildman–Crippen LogP) is -4.28. The van der Waals surface area contributed by atoms with E-state index in [1.54, 1.807) is 13.8 Å². The molecule has 0 aromatic heterocycles. The van der Waals surface area contributed by atoms with Crippen molar-refractivity contribution in [3.8, 4) is 0 Å². The van der Waals surface area contributed by atoms with Crippen molar-refractivity contribution in [3.63, 3.8) is 0 Å². The first-order valence-electron chi connectivity index (χ1n) is 15.2. The first-order valence-corrected chi connectivity index (χ1v) is 15.2. The number of primary amides is 3. The zero-order chi connectivity index (χ0) is 35.8. The lowest BCUT2D eigenvalue weighted by atomic mass is 10.0. The second-order valence-electron chi connectivity index (χ2n) is 11.8. The minimum absolute atomic E-state index is 0.0709. The van der Waals surface area contributed by atoms with E-state index in [2.05, 4.69) is 31.9 Å². The van der Waals surface area contributed by atoms with Crippen LogP contribution < -0.4 is 49.1 Å². The number of rotatable bonds is 21. The van der Waals surface area contributed by atoms with Crippen LogP contribution in [0.4, 0.5) is 0 Å². The molecule has 13 N–H and O–H groups in total. The Morgan fingerprint density at radius 1 is 0.681 bits per heavy atom. The Hall–Kier alpha value is -4.81. The van der Waals surface area contributed by atoms with Gasteiger partial charge in [0.15, 0.2) is 0 Å². The molecule has 0 bridgehead atoms. The molecule has 1 fully saturated rings. The molecule has 1 aliphatic heterocycles. The molecule has 0 saturated carbocycles. The summed E-state index contributed by atoms with van der Waals surface area (Å²) in [7, 11) is 0. The number of carboxylic acids is 1. The summed E-state index contributed by atoms with van der Waals surface area (Å²) in [6.07, 6.45) is -0.624. The summed E-state index contributed by atoms with van der Waals surface area (Å²) in [5, 5.41) is 24.1. The summed E-state index contributed by atoms with van der Waals surface area (Å²) in [5.41, 5.74) is 15.7. The molecule has 264 valence electrons. The zero-order valence-corrected chi connectivity index (χ0v) is 26.8. The van der Waals surface area contributed by atoms with Gasteiger partial charge in [-0.2, -0.15) is 0 Å². The molecule has 1 heterocycles. The van der Waals surface area contributed by atoms with Gasteiger partial charge in [0.1, 0.15) is 30.2 Å². The maximum absolute atomic E-state index is 13.3. The van der Waals surface area contributed by atoms with Crippen LogP contribution in [0.15, 0.2) is 0 Å². The average Bonchev–Trinajstić information content (AvgIpc) is 3.51. The molecule has 0 unspecified atom stereocenters. The topological polar surface area (TPSA) is 324 Å². The number of nitrogens with one attached hydrogen (secondary N) is 6. The highest BCUT2D eigenvalue weighted by atomic mass is 16.4. The lowest BCUT2D eigenvalue weighted by molar-refractivity contribution is -0.142. The average molecular weight is 670 g/mol. The molecule has 0 aromatic rings. The maximum Gasteiger partial charge on any atom is 0.326 e. The SMILES string of the molecule is CC(C)C[C@H](NC(=O)[C@H](C)NC(=O)[C@H](CC(N)=O)NC(=O)[C@H](CCC(N)=O)NC(=O)[C@H](CCC(N)=O)NC(=O)[C@@H]1CCCN1)C(=O)O. The van der Waals surface area contributed by atoms with Crippen molar-refractivity contribution in [3.05, 3.63) is 0 Å². The van der Waals surface area contributed by atoms with Crippen LogP contribution in [0.2, 0.25) is 0 Å². The van der Waals surface area contributed by atoms with Crippen molar-refractivity contribution in [1.29, 1.82) is 0 Å². The van der Waals surface area contributed by atoms with Crippen LogP contribution in [-0.4, -0.2) is 101 Å². The number of hydrogen-bond acceptors (Lipinski definition) is 10. The highest BCUT2D eigenvalue weighted by Gasteiger charge is 2.33. The van der Waals surface area contributed by atoms with Crippen molar-refractivity contribution < 1.29 is 48.3 Å². The molecule has 19 heteroatoms. The van der Waals surface area contributed by atoms with E-state index in [1.807, 2.05) is 0 Å². The molecule has 47 heavy (non-hydrogen) atoms. The van der Waals surface area contributed by atoms with Crippen molar-refractivity contribution in [2.45, 2.75) is 108 Å². The number of carbonyl (C=O) groups excluding carboxylic acids is 8. The quantitative estimate of drug-likeness (QED) is 0.0557. The summed E-state index contributed by atoms with van der Waals surface area (Å²) < 4.78 is 0. The van der Waals surface area contributed by atoms with Gasteiger partial charge in [0.25, 0.3) is 0 Å². The second-order valence-corrected chi connectivity index (χ2v) is 11.8. The summed E-state index contributed by atoms with van der Waals surface area (Å²) in [6.45, 7) is 5.36. The second kappa shape index (κ2) is 19.6. The van der Waals surface area contributed by atoms with Gasteiger partial charge in [-0.25, -0.2) is 4.79 Å². The molecule has 0 aliphatic carbocycles. The zero-order valence-electron chi connectivity index (χ0n) is 26.8. The van der Waals surface area contributed by atoms with Crippen LogP contribution in [0.5, 0.6) is 0 Å². The van der Waals surface area contributed by atoms with E-state index in [0.717, 1.165) is 6.42 Å². The number of hydrogen-bond donors (Lipinski definition) is 10. The molecule has 0 spiro atoms. The minimum Gasteiger partial charge on any atom is -0.480 e. The number of nitrogens with two attached hydrogens (primary N) is 3. The highest BCUT2D eigenvalue weighted by Crippen LogP contribution is 2.09. The molecular weight excluding hydrogens is 622 g/mol. The number of amides is 8. The Morgan fingerprint density at radius 3 is 1.62 bits per heavy atom. The van der Waals surface area contributed by atoms with Crippen molar-refractivity contribution >= 4 is 53.2 Å².